The quantitative estimate of drug-likeness (QED) is 0.300. The van der Waals surface area contributed by atoms with Gasteiger partial charge in [-0.2, -0.15) is 0 Å². The molecule has 19 heavy (non-hydrogen) atoms. The Balaban J connectivity index is 2.60. The summed E-state index contributed by atoms with van der Waals surface area (Å²) in [6.07, 6.45) is 1.91. The van der Waals surface area contributed by atoms with Gasteiger partial charge in [0.1, 0.15) is 5.92 Å². The van der Waals surface area contributed by atoms with E-state index in [4.69, 9.17) is 15.7 Å². The summed E-state index contributed by atoms with van der Waals surface area (Å²) in [6.45, 7) is 7.25. The molecule has 1 aliphatic rings. The SMILES string of the molecule is CC(C)C(C(=O)NC(C)C1CCOCC1)C(N)=NO. The van der Waals surface area contributed by atoms with E-state index in [1.807, 2.05) is 20.8 Å². The lowest BCUT2D eigenvalue weighted by atomic mass is 9.90. The van der Waals surface area contributed by atoms with Crippen molar-refractivity contribution in [3.8, 4) is 0 Å². The van der Waals surface area contributed by atoms with Crippen LogP contribution in [-0.2, 0) is 9.53 Å². The zero-order chi connectivity index (χ0) is 14.4. The van der Waals surface area contributed by atoms with Gasteiger partial charge in [0.25, 0.3) is 0 Å². The molecule has 0 saturated carbocycles. The van der Waals surface area contributed by atoms with Crippen molar-refractivity contribution < 1.29 is 14.7 Å². The Morgan fingerprint density at radius 2 is 1.95 bits per heavy atom. The third-order valence-corrected chi connectivity index (χ3v) is 3.73. The molecule has 1 aliphatic heterocycles. The van der Waals surface area contributed by atoms with Gasteiger partial charge in [-0.15, -0.1) is 0 Å². The molecule has 1 amide bonds. The highest BCUT2D eigenvalue weighted by Crippen LogP contribution is 2.19. The van der Waals surface area contributed by atoms with Gasteiger partial charge in [-0.25, -0.2) is 0 Å². The molecule has 1 fully saturated rings. The molecule has 1 heterocycles. The normalized spacial score (nSPS) is 21.2. The Hall–Kier alpha value is -1.30. The van der Waals surface area contributed by atoms with Crippen molar-refractivity contribution in [2.45, 2.75) is 39.7 Å². The first-order valence-corrected chi connectivity index (χ1v) is 6.82. The van der Waals surface area contributed by atoms with Crippen molar-refractivity contribution >= 4 is 11.7 Å². The third-order valence-electron chi connectivity index (χ3n) is 3.73. The Kier molecular flexibility index (Phi) is 6.08. The summed E-state index contributed by atoms with van der Waals surface area (Å²) in [7, 11) is 0. The van der Waals surface area contributed by atoms with Crippen LogP contribution in [0.4, 0.5) is 0 Å². The van der Waals surface area contributed by atoms with Crippen LogP contribution in [0.25, 0.3) is 0 Å². The fourth-order valence-corrected chi connectivity index (χ4v) is 2.49. The maximum absolute atomic E-state index is 12.2. The van der Waals surface area contributed by atoms with E-state index in [9.17, 15) is 4.79 Å². The number of nitrogens with one attached hydrogen (secondary N) is 1. The van der Waals surface area contributed by atoms with E-state index in [1.165, 1.54) is 0 Å². The van der Waals surface area contributed by atoms with E-state index < -0.39 is 5.92 Å². The second-order valence-corrected chi connectivity index (χ2v) is 5.49. The molecule has 2 unspecified atom stereocenters. The number of carbonyl (C=O) groups is 1. The molecule has 6 nitrogen and oxygen atoms in total. The number of carbonyl (C=O) groups excluding carboxylic acids is 1. The van der Waals surface area contributed by atoms with Gasteiger partial charge in [0.05, 0.1) is 0 Å². The van der Waals surface area contributed by atoms with Crippen LogP contribution in [0.3, 0.4) is 0 Å². The summed E-state index contributed by atoms with van der Waals surface area (Å²) in [5.74, 6) is -0.390. The topological polar surface area (TPSA) is 96.9 Å². The van der Waals surface area contributed by atoms with Crippen LogP contribution < -0.4 is 11.1 Å². The highest BCUT2D eigenvalue weighted by atomic mass is 16.5. The van der Waals surface area contributed by atoms with Gasteiger partial charge in [-0.3, -0.25) is 4.79 Å². The summed E-state index contributed by atoms with van der Waals surface area (Å²) in [5.41, 5.74) is 5.59. The first-order valence-electron chi connectivity index (χ1n) is 6.82. The minimum absolute atomic E-state index is 0.0159. The monoisotopic (exact) mass is 271 g/mol. The molecule has 1 rings (SSSR count). The summed E-state index contributed by atoms with van der Waals surface area (Å²) >= 11 is 0. The molecule has 4 N–H and O–H groups in total. The van der Waals surface area contributed by atoms with Crippen molar-refractivity contribution in [2.75, 3.05) is 13.2 Å². The second-order valence-electron chi connectivity index (χ2n) is 5.49. The number of oxime groups is 1. The lowest BCUT2D eigenvalue weighted by Gasteiger charge is -2.30. The Morgan fingerprint density at radius 3 is 2.42 bits per heavy atom. The van der Waals surface area contributed by atoms with E-state index >= 15 is 0 Å². The molecule has 0 aromatic rings. The fraction of sp³-hybridized carbons (Fsp3) is 0.846. The van der Waals surface area contributed by atoms with E-state index in [2.05, 4.69) is 10.5 Å². The summed E-state index contributed by atoms with van der Waals surface area (Å²) in [5, 5.41) is 14.7. The number of hydrogen-bond donors (Lipinski definition) is 3. The second kappa shape index (κ2) is 7.33. The highest BCUT2D eigenvalue weighted by molar-refractivity contribution is 6.02. The van der Waals surface area contributed by atoms with Gasteiger partial charge in [0.15, 0.2) is 5.84 Å². The predicted octanol–water partition coefficient (Wildman–Crippen LogP) is 0.936. The van der Waals surface area contributed by atoms with Crippen LogP contribution in [0.1, 0.15) is 33.6 Å². The van der Waals surface area contributed by atoms with E-state index in [-0.39, 0.29) is 23.7 Å². The van der Waals surface area contributed by atoms with E-state index in [0.717, 1.165) is 26.1 Å². The van der Waals surface area contributed by atoms with Crippen molar-refractivity contribution in [3.05, 3.63) is 0 Å². The predicted molar refractivity (Wildman–Crippen MR) is 72.9 cm³/mol. The lowest BCUT2D eigenvalue weighted by molar-refractivity contribution is -0.125. The fourth-order valence-electron chi connectivity index (χ4n) is 2.49. The maximum atomic E-state index is 12.2. The Bertz CT molecular complexity index is 325. The van der Waals surface area contributed by atoms with Gasteiger partial charge >= 0.3 is 0 Å². The van der Waals surface area contributed by atoms with Crippen molar-refractivity contribution in [1.29, 1.82) is 0 Å². The average Bonchev–Trinajstić information content (AvgIpc) is 2.39. The molecule has 0 aromatic carbocycles. The minimum atomic E-state index is -0.590. The molecule has 110 valence electrons. The summed E-state index contributed by atoms with van der Waals surface area (Å²) in [6, 6.07) is 0.0733. The molecule has 1 saturated heterocycles. The maximum Gasteiger partial charge on any atom is 0.231 e. The molecule has 0 aliphatic carbocycles. The number of nitrogens with two attached hydrogens (primary N) is 1. The van der Waals surface area contributed by atoms with E-state index in [1.54, 1.807) is 0 Å². The van der Waals surface area contributed by atoms with Crippen molar-refractivity contribution in [1.82, 2.24) is 5.32 Å². The van der Waals surface area contributed by atoms with Gasteiger partial charge < -0.3 is 21.0 Å². The molecule has 0 bridgehead atoms. The standard InChI is InChI=1S/C13H25N3O3/c1-8(2)11(12(14)16-18)13(17)15-9(3)10-4-6-19-7-5-10/h8-11,18H,4-7H2,1-3H3,(H2,14,16)(H,15,17). The molecular formula is C13H25N3O3. The zero-order valence-electron chi connectivity index (χ0n) is 11.9. The van der Waals surface area contributed by atoms with E-state index in [0.29, 0.717) is 5.92 Å². The van der Waals surface area contributed by atoms with Crippen LogP contribution in [0.2, 0.25) is 0 Å². The zero-order valence-corrected chi connectivity index (χ0v) is 11.9. The van der Waals surface area contributed by atoms with Crippen LogP contribution >= 0.6 is 0 Å². The molecule has 0 radical (unpaired) electrons. The summed E-state index contributed by atoms with van der Waals surface area (Å²) < 4.78 is 5.31. The van der Waals surface area contributed by atoms with Crippen LogP contribution in [0, 0.1) is 17.8 Å². The largest absolute Gasteiger partial charge is 0.409 e. The summed E-state index contributed by atoms with van der Waals surface area (Å²) in [4.78, 5) is 12.2. The Labute approximate surface area is 114 Å². The highest BCUT2D eigenvalue weighted by Gasteiger charge is 2.29. The van der Waals surface area contributed by atoms with Crippen LogP contribution in [0.5, 0.6) is 0 Å². The molecule has 6 heteroatoms. The molecular weight excluding hydrogens is 246 g/mol. The Morgan fingerprint density at radius 1 is 1.37 bits per heavy atom. The first kappa shape index (κ1) is 15.8. The first-order chi connectivity index (χ1) is 8.97. The van der Waals surface area contributed by atoms with Gasteiger partial charge in [0.2, 0.25) is 5.91 Å². The van der Waals surface area contributed by atoms with Crippen LogP contribution in [0.15, 0.2) is 5.16 Å². The smallest absolute Gasteiger partial charge is 0.231 e. The minimum Gasteiger partial charge on any atom is -0.409 e. The molecule has 0 spiro atoms. The number of rotatable bonds is 5. The molecule has 0 aromatic heterocycles. The van der Waals surface area contributed by atoms with Crippen LogP contribution in [-0.4, -0.2) is 36.2 Å². The lowest BCUT2D eigenvalue weighted by Crippen LogP contribution is -2.47. The number of hydrogen-bond acceptors (Lipinski definition) is 4. The molecule has 2 atom stereocenters. The number of amides is 1. The van der Waals surface area contributed by atoms with Crippen molar-refractivity contribution in [3.63, 3.8) is 0 Å². The third kappa shape index (κ3) is 4.38. The van der Waals surface area contributed by atoms with Gasteiger partial charge in [-0.05, 0) is 31.6 Å². The average molecular weight is 271 g/mol. The van der Waals surface area contributed by atoms with Gasteiger partial charge in [0, 0.05) is 19.3 Å². The number of nitrogens with zero attached hydrogens (tertiary/aromatic N) is 1. The van der Waals surface area contributed by atoms with Crippen molar-refractivity contribution in [2.24, 2.45) is 28.6 Å². The number of ether oxygens (including phenoxy) is 1. The number of amidine groups is 1. The van der Waals surface area contributed by atoms with Gasteiger partial charge in [-0.1, -0.05) is 19.0 Å².